The number of rotatable bonds is 8. The molecule has 180 valence electrons. The predicted molar refractivity (Wildman–Crippen MR) is 132 cm³/mol. The second-order valence-corrected chi connectivity index (χ2v) is 9.02. The molecule has 0 radical (unpaired) electrons. The molecular formula is C25H28N8O2. The molecule has 1 aliphatic carbocycles. The number of hydrogen-bond donors (Lipinski definition) is 3. The summed E-state index contributed by atoms with van der Waals surface area (Å²) in [6.45, 7) is 0. The van der Waals surface area contributed by atoms with E-state index in [1.807, 2.05) is 34.9 Å². The molecule has 1 unspecified atom stereocenters. The highest BCUT2D eigenvalue weighted by Gasteiger charge is 2.27. The van der Waals surface area contributed by atoms with Crippen LogP contribution in [0.4, 0.5) is 17.1 Å². The summed E-state index contributed by atoms with van der Waals surface area (Å²) in [6.07, 6.45) is 12.0. The third-order valence-electron chi connectivity index (χ3n) is 6.34. The Kier molecular flexibility index (Phi) is 6.42. The summed E-state index contributed by atoms with van der Waals surface area (Å²) in [5, 5.41) is 21.2. The first-order valence-electron chi connectivity index (χ1n) is 11.8. The van der Waals surface area contributed by atoms with Crippen molar-refractivity contribution in [2.45, 2.75) is 38.1 Å². The van der Waals surface area contributed by atoms with E-state index in [0.29, 0.717) is 23.6 Å². The summed E-state index contributed by atoms with van der Waals surface area (Å²) < 4.78 is 3.44. The summed E-state index contributed by atoms with van der Waals surface area (Å²) in [6, 6.07) is 10.4. The molecule has 0 spiro atoms. The zero-order valence-electron chi connectivity index (χ0n) is 19.5. The van der Waals surface area contributed by atoms with Gasteiger partial charge in [-0.15, -0.1) is 10.2 Å². The summed E-state index contributed by atoms with van der Waals surface area (Å²) in [4.78, 5) is 26.3. The maximum Gasteiger partial charge on any atom is 0.252 e. The van der Waals surface area contributed by atoms with Gasteiger partial charge in [0.25, 0.3) is 5.91 Å². The van der Waals surface area contributed by atoms with Crippen LogP contribution < -0.4 is 16.0 Å². The fourth-order valence-corrected chi connectivity index (χ4v) is 4.57. The predicted octanol–water partition coefficient (Wildman–Crippen LogP) is 3.52. The first-order chi connectivity index (χ1) is 17.0. The van der Waals surface area contributed by atoms with Crippen LogP contribution in [0.5, 0.6) is 0 Å². The van der Waals surface area contributed by atoms with Crippen LogP contribution in [0.2, 0.25) is 0 Å². The van der Waals surface area contributed by atoms with Crippen LogP contribution in [0.15, 0.2) is 61.3 Å². The van der Waals surface area contributed by atoms with Crippen LogP contribution in [0.3, 0.4) is 0 Å². The Balaban J connectivity index is 1.29. The molecule has 0 aliphatic heterocycles. The lowest BCUT2D eigenvalue weighted by molar-refractivity contribution is -0.118. The summed E-state index contributed by atoms with van der Waals surface area (Å²) in [7, 11) is 1.79. The summed E-state index contributed by atoms with van der Waals surface area (Å²) in [5.41, 5.74) is 3.44. The van der Waals surface area contributed by atoms with E-state index in [1.54, 1.807) is 42.6 Å². The number of aryl methyl sites for hydroxylation is 1. The molecule has 10 heteroatoms. The highest BCUT2D eigenvalue weighted by molar-refractivity contribution is 6.01. The third-order valence-corrected chi connectivity index (χ3v) is 6.34. The van der Waals surface area contributed by atoms with Gasteiger partial charge in [0.05, 0.1) is 17.6 Å². The molecule has 1 aliphatic rings. The maximum absolute atomic E-state index is 13.2. The number of amides is 2. The average molecular weight is 473 g/mol. The summed E-state index contributed by atoms with van der Waals surface area (Å²) >= 11 is 0. The Morgan fingerprint density at radius 3 is 2.74 bits per heavy atom. The second-order valence-electron chi connectivity index (χ2n) is 9.02. The Bertz CT molecular complexity index is 1340. The molecule has 35 heavy (non-hydrogen) atoms. The van der Waals surface area contributed by atoms with E-state index < -0.39 is 6.04 Å². The highest BCUT2D eigenvalue weighted by atomic mass is 16.2. The van der Waals surface area contributed by atoms with Crippen molar-refractivity contribution in [2.24, 2.45) is 13.0 Å². The third kappa shape index (κ3) is 5.48. The maximum atomic E-state index is 13.2. The molecule has 1 atom stereocenters. The quantitative estimate of drug-likeness (QED) is 0.361. The SMILES string of the molecule is Cn1cc(NC(=O)C(CC2CCCC2)NC(=O)c2cccc(Nc3ccc4nncn4c3)c2)cn1. The van der Waals surface area contributed by atoms with Crippen molar-refractivity contribution >= 4 is 34.5 Å². The molecule has 4 aromatic rings. The van der Waals surface area contributed by atoms with E-state index in [0.717, 1.165) is 29.9 Å². The van der Waals surface area contributed by atoms with Gasteiger partial charge < -0.3 is 16.0 Å². The standard InChI is InChI=1S/C25H28N8O2/c1-32-14-21(13-27-32)29-25(35)22(11-17-5-2-3-6-17)30-24(34)18-7-4-8-19(12-18)28-20-9-10-23-31-26-16-33(23)15-20/h4,7-10,12-17,22,28H,2-3,5-6,11H2,1H3,(H,29,35)(H,30,34). The minimum absolute atomic E-state index is 0.227. The number of anilines is 3. The van der Waals surface area contributed by atoms with Gasteiger partial charge in [-0.25, -0.2) is 0 Å². The molecule has 5 rings (SSSR count). The van der Waals surface area contributed by atoms with Gasteiger partial charge in [-0.2, -0.15) is 5.10 Å². The van der Waals surface area contributed by atoms with Crippen molar-refractivity contribution in [3.05, 3.63) is 66.9 Å². The largest absolute Gasteiger partial charge is 0.354 e. The van der Waals surface area contributed by atoms with E-state index in [9.17, 15) is 9.59 Å². The zero-order valence-corrected chi connectivity index (χ0v) is 19.5. The first kappa shape index (κ1) is 22.6. The number of pyridine rings is 1. The molecule has 10 nitrogen and oxygen atoms in total. The van der Waals surface area contributed by atoms with Crippen molar-refractivity contribution in [3.63, 3.8) is 0 Å². The molecule has 3 N–H and O–H groups in total. The Labute approximate surface area is 202 Å². The molecule has 1 fully saturated rings. The smallest absolute Gasteiger partial charge is 0.252 e. The number of hydrogen-bond acceptors (Lipinski definition) is 6. The van der Waals surface area contributed by atoms with Gasteiger partial charge in [0.15, 0.2) is 5.65 Å². The van der Waals surface area contributed by atoms with Crippen LogP contribution in [0, 0.1) is 5.92 Å². The monoisotopic (exact) mass is 472 g/mol. The number of benzene rings is 1. The number of nitrogens with one attached hydrogen (secondary N) is 3. The number of aromatic nitrogens is 5. The van der Waals surface area contributed by atoms with Gasteiger partial charge >= 0.3 is 0 Å². The molecule has 2 amide bonds. The Morgan fingerprint density at radius 2 is 1.94 bits per heavy atom. The van der Waals surface area contributed by atoms with Crippen LogP contribution >= 0.6 is 0 Å². The van der Waals surface area contributed by atoms with Crippen LogP contribution in [0.1, 0.15) is 42.5 Å². The summed E-state index contributed by atoms with van der Waals surface area (Å²) in [5.74, 6) is -0.0810. The van der Waals surface area contributed by atoms with Gasteiger partial charge in [-0.3, -0.25) is 18.7 Å². The molecule has 1 aromatic carbocycles. The van der Waals surface area contributed by atoms with Gasteiger partial charge in [-0.1, -0.05) is 31.7 Å². The lowest BCUT2D eigenvalue weighted by Gasteiger charge is -2.21. The normalized spacial score (nSPS) is 14.7. The van der Waals surface area contributed by atoms with E-state index in [2.05, 4.69) is 31.2 Å². The van der Waals surface area contributed by atoms with Crippen LogP contribution in [0.25, 0.3) is 5.65 Å². The molecule has 0 saturated heterocycles. The van der Waals surface area contributed by atoms with Gasteiger partial charge in [0.2, 0.25) is 5.91 Å². The minimum Gasteiger partial charge on any atom is -0.354 e. The Hall–Kier alpha value is -4.21. The van der Waals surface area contributed by atoms with Crippen LogP contribution in [-0.2, 0) is 11.8 Å². The Morgan fingerprint density at radius 1 is 1.09 bits per heavy atom. The van der Waals surface area contributed by atoms with E-state index in [1.165, 1.54) is 12.8 Å². The lowest BCUT2D eigenvalue weighted by atomic mass is 9.97. The van der Waals surface area contributed by atoms with E-state index in [-0.39, 0.29) is 11.8 Å². The number of carbonyl (C=O) groups is 2. The topological polar surface area (TPSA) is 118 Å². The zero-order chi connectivity index (χ0) is 24.2. The van der Waals surface area contributed by atoms with Crippen molar-refractivity contribution in [1.82, 2.24) is 29.7 Å². The number of carbonyl (C=O) groups excluding carboxylic acids is 2. The minimum atomic E-state index is -0.626. The van der Waals surface area contributed by atoms with Crippen molar-refractivity contribution < 1.29 is 9.59 Å². The lowest BCUT2D eigenvalue weighted by Crippen LogP contribution is -2.44. The number of fused-ring (bicyclic) bond motifs is 1. The number of nitrogens with zero attached hydrogens (tertiary/aromatic N) is 5. The van der Waals surface area contributed by atoms with Crippen molar-refractivity contribution in [1.29, 1.82) is 0 Å². The van der Waals surface area contributed by atoms with Crippen molar-refractivity contribution in [2.75, 3.05) is 10.6 Å². The molecule has 0 bridgehead atoms. The molecule has 1 saturated carbocycles. The first-order valence-corrected chi connectivity index (χ1v) is 11.8. The van der Waals surface area contributed by atoms with Gasteiger partial charge in [0, 0.05) is 30.7 Å². The van der Waals surface area contributed by atoms with E-state index in [4.69, 9.17) is 0 Å². The fourth-order valence-electron chi connectivity index (χ4n) is 4.57. The van der Waals surface area contributed by atoms with Crippen molar-refractivity contribution in [3.8, 4) is 0 Å². The van der Waals surface area contributed by atoms with Gasteiger partial charge in [0.1, 0.15) is 12.4 Å². The fraction of sp³-hybridized carbons (Fsp3) is 0.320. The molecule has 3 heterocycles. The van der Waals surface area contributed by atoms with Gasteiger partial charge in [-0.05, 0) is 42.7 Å². The second kappa shape index (κ2) is 9.96. The molecule has 3 aromatic heterocycles. The highest BCUT2D eigenvalue weighted by Crippen LogP contribution is 2.29. The average Bonchev–Trinajstić information content (AvgIpc) is 3.61. The van der Waals surface area contributed by atoms with Crippen LogP contribution in [-0.4, -0.2) is 42.2 Å². The van der Waals surface area contributed by atoms with E-state index >= 15 is 0 Å². The molecular weight excluding hydrogens is 444 g/mol.